The lowest BCUT2D eigenvalue weighted by Crippen LogP contribution is -2.23. The summed E-state index contributed by atoms with van der Waals surface area (Å²) in [6.07, 6.45) is 5.09. The monoisotopic (exact) mass is 405 g/mol. The Hall–Kier alpha value is -3.35. The van der Waals surface area contributed by atoms with Crippen molar-refractivity contribution in [3.63, 3.8) is 0 Å². The molecule has 1 fully saturated rings. The maximum Gasteiger partial charge on any atom is 0.278 e. The number of rotatable bonds is 5. The number of nitrogens with zero attached hydrogens (tertiary/aromatic N) is 4. The molecule has 7 nitrogen and oxygen atoms in total. The van der Waals surface area contributed by atoms with E-state index in [9.17, 15) is 4.79 Å². The minimum Gasteiger partial charge on any atom is -0.497 e. The number of methoxy groups -OCH3 is 1. The molecule has 0 spiro atoms. The van der Waals surface area contributed by atoms with Gasteiger partial charge in [0.1, 0.15) is 5.75 Å². The molecule has 0 aliphatic carbocycles. The van der Waals surface area contributed by atoms with Gasteiger partial charge in [-0.05, 0) is 56.2 Å². The predicted octanol–water partition coefficient (Wildman–Crippen LogP) is 4.22. The molecular formula is C23H27N5O2. The van der Waals surface area contributed by atoms with Crippen LogP contribution in [0.4, 0.5) is 11.4 Å². The number of aromatic nitrogens is 3. The van der Waals surface area contributed by atoms with Crippen molar-refractivity contribution in [2.45, 2.75) is 32.6 Å². The second kappa shape index (κ2) is 8.98. The van der Waals surface area contributed by atoms with E-state index in [1.807, 2.05) is 43.3 Å². The molecule has 30 heavy (non-hydrogen) atoms. The van der Waals surface area contributed by atoms with Gasteiger partial charge in [-0.3, -0.25) is 4.79 Å². The number of carbonyl (C=O) groups is 1. The highest BCUT2D eigenvalue weighted by Gasteiger charge is 2.18. The molecule has 2 heterocycles. The third-order valence-electron chi connectivity index (χ3n) is 5.50. The first-order valence-corrected chi connectivity index (χ1v) is 10.4. The minimum atomic E-state index is -0.274. The number of hydrogen-bond donors (Lipinski definition) is 1. The lowest BCUT2D eigenvalue weighted by molar-refractivity contribution is 0.102. The van der Waals surface area contributed by atoms with Gasteiger partial charge >= 0.3 is 0 Å². The summed E-state index contributed by atoms with van der Waals surface area (Å²) in [4.78, 5) is 15.2. The standard InChI is InChI=1S/C23H27N5O2/c1-17-22(25-26-28(17)20-8-7-9-21(16-20)30-2)23(29)24-18-10-12-19(13-11-18)27-14-5-3-4-6-15-27/h7-13,16H,3-6,14-15H2,1-2H3,(H,24,29). The molecule has 1 aliphatic rings. The van der Waals surface area contributed by atoms with E-state index < -0.39 is 0 Å². The number of anilines is 2. The fourth-order valence-electron chi connectivity index (χ4n) is 3.80. The molecule has 0 atom stereocenters. The van der Waals surface area contributed by atoms with E-state index in [2.05, 4.69) is 32.7 Å². The maximum atomic E-state index is 12.8. The smallest absolute Gasteiger partial charge is 0.278 e. The summed E-state index contributed by atoms with van der Waals surface area (Å²) in [6.45, 7) is 4.02. The third-order valence-corrected chi connectivity index (χ3v) is 5.50. The van der Waals surface area contributed by atoms with Crippen LogP contribution in [0.1, 0.15) is 41.9 Å². The molecule has 0 radical (unpaired) electrons. The molecule has 156 valence electrons. The van der Waals surface area contributed by atoms with Crippen molar-refractivity contribution in [1.29, 1.82) is 0 Å². The molecule has 4 rings (SSSR count). The molecule has 1 amide bonds. The van der Waals surface area contributed by atoms with Crippen LogP contribution < -0.4 is 15.0 Å². The molecule has 3 aromatic rings. The van der Waals surface area contributed by atoms with E-state index in [1.165, 1.54) is 31.4 Å². The largest absolute Gasteiger partial charge is 0.497 e. The minimum absolute atomic E-state index is 0.274. The van der Waals surface area contributed by atoms with Gasteiger partial charge in [-0.1, -0.05) is 24.1 Å². The second-order valence-corrected chi connectivity index (χ2v) is 7.54. The molecule has 1 aliphatic heterocycles. The molecule has 1 aromatic heterocycles. The van der Waals surface area contributed by atoms with Gasteiger partial charge in [-0.15, -0.1) is 5.10 Å². The summed E-state index contributed by atoms with van der Waals surface area (Å²) in [5.41, 5.74) is 3.71. The fraction of sp³-hybridized carbons (Fsp3) is 0.348. The average Bonchev–Trinajstić information content (AvgIpc) is 2.98. The first-order valence-electron chi connectivity index (χ1n) is 10.4. The van der Waals surface area contributed by atoms with Crippen molar-refractivity contribution in [2.75, 3.05) is 30.4 Å². The SMILES string of the molecule is COc1cccc(-n2nnc(C(=O)Nc3ccc(N4CCCCCC4)cc3)c2C)c1. The van der Waals surface area contributed by atoms with E-state index in [0.717, 1.165) is 30.2 Å². The van der Waals surface area contributed by atoms with E-state index in [0.29, 0.717) is 11.4 Å². The normalized spacial score (nSPS) is 14.3. The first kappa shape index (κ1) is 19.9. The van der Waals surface area contributed by atoms with Crippen LogP contribution in [0.25, 0.3) is 5.69 Å². The van der Waals surface area contributed by atoms with Gasteiger partial charge in [0.15, 0.2) is 5.69 Å². The van der Waals surface area contributed by atoms with Crippen LogP contribution in [0.2, 0.25) is 0 Å². The van der Waals surface area contributed by atoms with Gasteiger partial charge in [0.2, 0.25) is 0 Å². The van der Waals surface area contributed by atoms with Gasteiger partial charge in [-0.25, -0.2) is 4.68 Å². The topological polar surface area (TPSA) is 72.3 Å². The zero-order valence-corrected chi connectivity index (χ0v) is 17.5. The van der Waals surface area contributed by atoms with Crippen LogP contribution >= 0.6 is 0 Å². The second-order valence-electron chi connectivity index (χ2n) is 7.54. The predicted molar refractivity (Wildman–Crippen MR) is 118 cm³/mol. The molecule has 2 aromatic carbocycles. The number of nitrogens with one attached hydrogen (secondary N) is 1. The van der Waals surface area contributed by atoms with Crippen molar-refractivity contribution in [1.82, 2.24) is 15.0 Å². The number of ether oxygens (including phenoxy) is 1. The average molecular weight is 406 g/mol. The summed E-state index contributed by atoms with van der Waals surface area (Å²) in [5.74, 6) is 0.446. The van der Waals surface area contributed by atoms with Crippen LogP contribution in [-0.4, -0.2) is 41.1 Å². The molecule has 1 saturated heterocycles. The summed E-state index contributed by atoms with van der Waals surface area (Å²) >= 11 is 0. The summed E-state index contributed by atoms with van der Waals surface area (Å²) < 4.78 is 6.90. The zero-order chi connectivity index (χ0) is 20.9. The lowest BCUT2D eigenvalue weighted by atomic mass is 10.2. The van der Waals surface area contributed by atoms with Gasteiger partial charge in [0, 0.05) is 30.5 Å². The lowest BCUT2D eigenvalue weighted by Gasteiger charge is -2.22. The van der Waals surface area contributed by atoms with Crippen LogP contribution in [0, 0.1) is 6.92 Å². The van der Waals surface area contributed by atoms with Crippen LogP contribution in [0.3, 0.4) is 0 Å². The Morgan fingerprint density at radius 3 is 2.43 bits per heavy atom. The Balaban J connectivity index is 1.47. The van der Waals surface area contributed by atoms with Crippen molar-refractivity contribution >= 4 is 17.3 Å². The molecule has 0 unspecified atom stereocenters. The maximum absolute atomic E-state index is 12.8. The summed E-state index contributed by atoms with van der Waals surface area (Å²) in [6, 6.07) is 15.5. The fourth-order valence-corrected chi connectivity index (χ4v) is 3.80. The number of hydrogen-bond acceptors (Lipinski definition) is 5. The Morgan fingerprint density at radius 2 is 1.73 bits per heavy atom. The van der Waals surface area contributed by atoms with Crippen molar-refractivity contribution in [3.8, 4) is 11.4 Å². The number of amides is 1. The van der Waals surface area contributed by atoms with Crippen molar-refractivity contribution in [3.05, 3.63) is 59.9 Å². The number of benzene rings is 2. The van der Waals surface area contributed by atoms with E-state index in [1.54, 1.807) is 11.8 Å². The summed E-state index contributed by atoms with van der Waals surface area (Å²) in [5, 5.41) is 11.2. The Morgan fingerprint density at radius 1 is 1.00 bits per heavy atom. The Labute approximate surface area is 176 Å². The molecule has 0 saturated carbocycles. The molecule has 1 N–H and O–H groups in total. The van der Waals surface area contributed by atoms with Gasteiger partial charge in [0.05, 0.1) is 18.5 Å². The zero-order valence-electron chi connectivity index (χ0n) is 17.5. The quantitative estimate of drug-likeness (QED) is 0.688. The van der Waals surface area contributed by atoms with E-state index in [-0.39, 0.29) is 5.91 Å². The van der Waals surface area contributed by atoms with Gasteiger partial charge in [0.25, 0.3) is 5.91 Å². The van der Waals surface area contributed by atoms with E-state index >= 15 is 0 Å². The van der Waals surface area contributed by atoms with Crippen molar-refractivity contribution in [2.24, 2.45) is 0 Å². The van der Waals surface area contributed by atoms with Crippen LogP contribution in [0.15, 0.2) is 48.5 Å². The highest BCUT2D eigenvalue weighted by Crippen LogP contribution is 2.22. The van der Waals surface area contributed by atoms with Gasteiger partial charge < -0.3 is 15.0 Å². The number of carbonyl (C=O) groups excluding carboxylic acids is 1. The van der Waals surface area contributed by atoms with Crippen LogP contribution in [-0.2, 0) is 0 Å². The molecular weight excluding hydrogens is 378 g/mol. The first-order chi connectivity index (χ1) is 14.7. The highest BCUT2D eigenvalue weighted by molar-refractivity contribution is 6.03. The van der Waals surface area contributed by atoms with Crippen molar-refractivity contribution < 1.29 is 9.53 Å². The van der Waals surface area contributed by atoms with Crippen LogP contribution in [0.5, 0.6) is 5.75 Å². The Bertz CT molecular complexity index is 1000. The van der Waals surface area contributed by atoms with Gasteiger partial charge in [-0.2, -0.15) is 0 Å². The Kier molecular flexibility index (Phi) is 5.97. The summed E-state index contributed by atoms with van der Waals surface area (Å²) in [7, 11) is 1.62. The molecule has 7 heteroatoms. The third kappa shape index (κ3) is 4.30. The van der Waals surface area contributed by atoms with E-state index in [4.69, 9.17) is 4.74 Å². The highest BCUT2D eigenvalue weighted by atomic mass is 16.5. The molecule has 0 bridgehead atoms.